The van der Waals surface area contributed by atoms with E-state index in [-0.39, 0.29) is 0 Å². The van der Waals surface area contributed by atoms with Crippen LogP contribution in [0.3, 0.4) is 0 Å². The number of aliphatic hydroxyl groups excluding tert-OH is 1. The van der Waals surface area contributed by atoms with Gasteiger partial charge in [-0.1, -0.05) is 72.0 Å². The highest BCUT2D eigenvalue weighted by molar-refractivity contribution is 7.18. The summed E-state index contributed by atoms with van der Waals surface area (Å²) in [6, 6.07) is 19.3. The lowest BCUT2D eigenvalue weighted by atomic mass is 9.84. The summed E-state index contributed by atoms with van der Waals surface area (Å²) in [7, 11) is 0. The largest absolute Gasteiger partial charge is 0.385 e. The van der Waals surface area contributed by atoms with E-state index in [9.17, 15) is 10.2 Å². The Morgan fingerprint density at radius 3 is 2.30 bits per heavy atom. The summed E-state index contributed by atoms with van der Waals surface area (Å²) >= 11 is 1.39. The highest BCUT2D eigenvalue weighted by atomic mass is 32.1. The van der Waals surface area contributed by atoms with Gasteiger partial charge >= 0.3 is 0 Å². The molecular formula is C23H22N4O2S. The molecule has 1 aliphatic heterocycles. The molecule has 0 spiro atoms. The number of hydrogen-bond donors (Lipinski definition) is 2. The van der Waals surface area contributed by atoms with Gasteiger partial charge in [0.2, 0.25) is 0 Å². The van der Waals surface area contributed by atoms with E-state index in [2.05, 4.69) is 14.9 Å². The molecule has 4 aromatic rings. The van der Waals surface area contributed by atoms with E-state index >= 15 is 0 Å². The average Bonchev–Trinajstić information content (AvgIpc) is 3.25. The second-order valence-corrected chi connectivity index (χ2v) is 8.61. The van der Waals surface area contributed by atoms with Crippen molar-refractivity contribution in [2.75, 3.05) is 18.0 Å². The monoisotopic (exact) mass is 418 g/mol. The normalized spacial score (nSPS) is 17.2. The van der Waals surface area contributed by atoms with Gasteiger partial charge in [-0.2, -0.15) is 0 Å². The van der Waals surface area contributed by atoms with Gasteiger partial charge in [-0.3, -0.25) is 0 Å². The first-order valence-electron chi connectivity index (χ1n) is 10.0. The Morgan fingerprint density at radius 2 is 1.60 bits per heavy atom. The van der Waals surface area contributed by atoms with Gasteiger partial charge in [-0.25, -0.2) is 15.0 Å². The van der Waals surface area contributed by atoms with Gasteiger partial charge in [0.05, 0.1) is 5.60 Å². The molecule has 1 atom stereocenters. The van der Waals surface area contributed by atoms with E-state index in [0.29, 0.717) is 36.5 Å². The fourth-order valence-corrected chi connectivity index (χ4v) is 4.93. The number of thiazole rings is 1. The van der Waals surface area contributed by atoms with E-state index in [4.69, 9.17) is 4.98 Å². The highest BCUT2D eigenvalue weighted by Crippen LogP contribution is 2.37. The molecule has 0 saturated carbocycles. The molecule has 30 heavy (non-hydrogen) atoms. The molecule has 2 aromatic heterocycles. The smallest absolute Gasteiger partial charge is 0.159 e. The Kier molecular flexibility index (Phi) is 4.94. The number of rotatable bonds is 4. The van der Waals surface area contributed by atoms with Crippen LogP contribution in [0.15, 0.2) is 67.0 Å². The lowest BCUT2D eigenvalue weighted by Gasteiger charge is -2.39. The van der Waals surface area contributed by atoms with Crippen molar-refractivity contribution in [2.45, 2.75) is 24.5 Å². The molecule has 0 radical (unpaired) electrons. The van der Waals surface area contributed by atoms with Crippen molar-refractivity contribution in [3.63, 3.8) is 0 Å². The van der Waals surface area contributed by atoms with Gasteiger partial charge in [0.25, 0.3) is 0 Å². The van der Waals surface area contributed by atoms with Crippen LogP contribution in [-0.4, -0.2) is 38.3 Å². The zero-order chi connectivity index (χ0) is 20.6. The lowest BCUT2D eigenvalue weighted by molar-refractivity contribution is 0.0117. The summed E-state index contributed by atoms with van der Waals surface area (Å²) < 4.78 is 0. The van der Waals surface area contributed by atoms with Crippen LogP contribution in [0.5, 0.6) is 0 Å². The molecule has 2 N–H and O–H groups in total. The minimum absolute atomic E-state index is 0.607. The SMILES string of the molecule is OC(c1ccccc1)c1nc2c(N3CCC(O)(c4ccccc4)CC3)ncnc2s1. The number of nitrogens with zero attached hydrogens (tertiary/aromatic N) is 4. The number of anilines is 1. The van der Waals surface area contributed by atoms with Gasteiger partial charge in [0, 0.05) is 13.1 Å². The van der Waals surface area contributed by atoms with Crippen molar-refractivity contribution in [1.82, 2.24) is 15.0 Å². The Labute approximate surface area is 178 Å². The van der Waals surface area contributed by atoms with Crippen LogP contribution in [0.25, 0.3) is 10.3 Å². The maximum atomic E-state index is 11.1. The van der Waals surface area contributed by atoms with E-state index in [1.54, 1.807) is 6.33 Å². The fraction of sp³-hybridized carbons (Fsp3) is 0.261. The molecule has 0 amide bonds. The maximum Gasteiger partial charge on any atom is 0.159 e. The standard InChI is InChI=1S/C23H22N4O2S/c28-19(16-7-3-1-4-8-16)22-26-18-20(24-15-25-21(18)30-22)27-13-11-23(29,12-14-27)17-9-5-2-6-10-17/h1-10,15,19,28-29H,11-14H2. The van der Waals surface area contributed by atoms with Crippen LogP contribution in [0, 0.1) is 0 Å². The summed E-state index contributed by atoms with van der Waals surface area (Å²) in [5, 5.41) is 22.5. The molecule has 5 rings (SSSR count). The minimum Gasteiger partial charge on any atom is -0.385 e. The average molecular weight is 419 g/mol. The van der Waals surface area contributed by atoms with Crippen molar-refractivity contribution in [3.8, 4) is 0 Å². The number of aliphatic hydroxyl groups is 2. The summed E-state index contributed by atoms with van der Waals surface area (Å²) in [5.41, 5.74) is 1.65. The predicted molar refractivity (Wildman–Crippen MR) is 117 cm³/mol. The molecule has 152 valence electrons. The van der Waals surface area contributed by atoms with Crippen molar-refractivity contribution < 1.29 is 10.2 Å². The van der Waals surface area contributed by atoms with Crippen LogP contribution >= 0.6 is 11.3 Å². The molecule has 0 aliphatic carbocycles. The fourth-order valence-electron chi connectivity index (χ4n) is 4.01. The van der Waals surface area contributed by atoms with Crippen molar-refractivity contribution in [3.05, 3.63) is 83.1 Å². The highest BCUT2D eigenvalue weighted by Gasteiger charge is 2.35. The van der Waals surface area contributed by atoms with Crippen LogP contribution in [0.4, 0.5) is 5.82 Å². The first-order valence-corrected chi connectivity index (χ1v) is 10.8. The molecular weight excluding hydrogens is 396 g/mol. The van der Waals surface area contributed by atoms with Gasteiger partial charge in [-0.05, 0) is 24.0 Å². The van der Waals surface area contributed by atoms with Crippen molar-refractivity contribution >= 4 is 27.5 Å². The topological polar surface area (TPSA) is 82.4 Å². The number of fused-ring (bicyclic) bond motifs is 1. The quantitative estimate of drug-likeness (QED) is 0.526. The summed E-state index contributed by atoms with van der Waals surface area (Å²) in [6.45, 7) is 1.34. The van der Waals surface area contributed by atoms with Gasteiger partial charge in [0.1, 0.15) is 27.8 Å². The molecule has 6 nitrogen and oxygen atoms in total. The molecule has 1 aliphatic rings. The van der Waals surface area contributed by atoms with Crippen LogP contribution in [-0.2, 0) is 5.60 Å². The lowest BCUT2D eigenvalue weighted by Crippen LogP contribution is -2.43. The Morgan fingerprint density at radius 1 is 0.933 bits per heavy atom. The molecule has 7 heteroatoms. The third-order valence-electron chi connectivity index (χ3n) is 5.74. The maximum absolute atomic E-state index is 11.1. The van der Waals surface area contributed by atoms with Gasteiger partial charge in [0.15, 0.2) is 5.82 Å². The first-order chi connectivity index (χ1) is 14.6. The second kappa shape index (κ2) is 7.75. The minimum atomic E-state index is -0.819. The van der Waals surface area contributed by atoms with Crippen LogP contribution < -0.4 is 4.90 Å². The molecule has 3 heterocycles. The van der Waals surface area contributed by atoms with E-state index in [1.807, 2.05) is 60.7 Å². The van der Waals surface area contributed by atoms with Crippen LogP contribution in [0.1, 0.15) is 35.1 Å². The van der Waals surface area contributed by atoms with Crippen molar-refractivity contribution in [2.24, 2.45) is 0 Å². The first kappa shape index (κ1) is 19.1. The predicted octanol–water partition coefficient (Wildman–Crippen LogP) is 3.66. The van der Waals surface area contributed by atoms with Gasteiger partial charge < -0.3 is 15.1 Å². The Hall–Kier alpha value is -2.87. The zero-order valence-corrected chi connectivity index (χ0v) is 17.2. The molecule has 1 saturated heterocycles. The zero-order valence-electron chi connectivity index (χ0n) is 16.3. The third-order valence-corrected chi connectivity index (χ3v) is 6.76. The number of hydrogen-bond acceptors (Lipinski definition) is 7. The molecule has 0 bridgehead atoms. The Bertz CT molecular complexity index is 1140. The van der Waals surface area contributed by atoms with Gasteiger partial charge in [-0.15, -0.1) is 0 Å². The van der Waals surface area contributed by atoms with E-state index in [0.717, 1.165) is 21.8 Å². The molecule has 1 unspecified atom stereocenters. The summed E-state index contributed by atoms with van der Waals surface area (Å²) in [5.74, 6) is 0.762. The molecule has 2 aromatic carbocycles. The third kappa shape index (κ3) is 3.45. The second-order valence-electron chi connectivity index (χ2n) is 7.60. The number of piperidine rings is 1. The van der Waals surface area contributed by atoms with Crippen molar-refractivity contribution in [1.29, 1.82) is 0 Å². The van der Waals surface area contributed by atoms with E-state index in [1.165, 1.54) is 11.3 Å². The molecule has 1 fully saturated rings. The number of benzene rings is 2. The summed E-state index contributed by atoms with van der Waals surface area (Å²) in [6.07, 6.45) is 1.99. The Balaban J connectivity index is 1.41. The number of aromatic nitrogens is 3. The summed E-state index contributed by atoms with van der Waals surface area (Å²) in [4.78, 5) is 16.5. The van der Waals surface area contributed by atoms with E-state index < -0.39 is 11.7 Å². The van der Waals surface area contributed by atoms with Crippen LogP contribution in [0.2, 0.25) is 0 Å².